The molecule has 682 valence electrons. The van der Waals surface area contributed by atoms with Crippen molar-refractivity contribution >= 4 is 28.1 Å². The molecular weight excluding hydrogens is 1570 g/mol. The fourth-order valence-electron chi connectivity index (χ4n) is 15.9. The minimum atomic E-state index is -5.57. The molecule has 0 aromatic carbocycles. The average Bonchev–Trinajstić information content (AvgIpc) is 0.723. The van der Waals surface area contributed by atoms with Crippen LogP contribution in [-0.4, -0.2) is 359 Å². The molecule has 40 heteroatoms. The molecule has 21 N–H and O–H groups in total. The van der Waals surface area contributed by atoms with Gasteiger partial charge in [0.1, 0.15) is 134 Å². The van der Waals surface area contributed by atoms with Gasteiger partial charge in [-0.1, -0.05) is 180 Å². The molecule has 0 saturated carbocycles. The van der Waals surface area contributed by atoms with Gasteiger partial charge in [-0.3, -0.25) is 18.9 Å². The molecule has 8 heterocycles. The summed E-state index contributed by atoms with van der Waals surface area (Å²) in [5, 5.41) is 199. The molecule has 39 nitrogen and oxygen atoms in total. The summed E-state index contributed by atoms with van der Waals surface area (Å²) in [7, 11) is -5.57. The predicted octanol–water partition coefficient (Wildman–Crippen LogP) is -2.45. The first-order chi connectivity index (χ1) is 55.9. The Balaban J connectivity index is 1.09. The van der Waals surface area contributed by atoms with Crippen LogP contribution in [0.25, 0.3) is 0 Å². The molecule has 8 aliphatic rings. The Hall–Kier alpha value is -3.14. The van der Waals surface area contributed by atoms with Crippen molar-refractivity contribution in [3.05, 3.63) is 12.2 Å². The van der Waals surface area contributed by atoms with Gasteiger partial charge in [0.2, 0.25) is 11.8 Å². The fourth-order valence-corrected chi connectivity index (χ4v) is 16.2. The van der Waals surface area contributed by atoms with E-state index in [1.807, 2.05) is 6.08 Å². The van der Waals surface area contributed by atoms with Gasteiger partial charge < -0.3 is 160 Å². The first-order valence-corrected chi connectivity index (χ1v) is 43.5. The Morgan fingerprint density at radius 3 is 1.55 bits per heavy atom. The number of aliphatic hydroxyl groups excluding tert-OH is 17. The Bertz CT molecular complexity index is 2980. The van der Waals surface area contributed by atoms with Gasteiger partial charge in [-0.2, -0.15) is 8.42 Å². The lowest BCUT2D eigenvalue weighted by Gasteiger charge is -2.55. The van der Waals surface area contributed by atoms with Gasteiger partial charge in [-0.25, -0.2) is 4.18 Å². The third-order valence-electron chi connectivity index (χ3n) is 22.8. The molecule has 0 aromatic heterocycles. The smallest absolute Gasteiger partial charge is 0.394 e. The maximum absolute atomic E-state index is 13.8. The van der Waals surface area contributed by atoms with E-state index in [1.165, 1.54) is 110 Å². The van der Waals surface area contributed by atoms with E-state index in [1.54, 1.807) is 6.08 Å². The largest absolute Gasteiger partial charge is 0.397 e. The molecule has 0 aliphatic carbocycles. The first kappa shape index (κ1) is 101. The number of allylic oxidation sites excluding steroid dienone is 1. The van der Waals surface area contributed by atoms with Crippen molar-refractivity contribution < 1.29 is 175 Å². The van der Waals surface area contributed by atoms with Crippen molar-refractivity contribution in [2.75, 3.05) is 39.6 Å². The number of hydrogen-bond acceptors (Lipinski definition) is 35. The highest BCUT2D eigenvalue weighted by Gasteiger charge is 2.65. The Labute approximate surface area is 684 Å². The number of rotatable bonds is 54. The zero-order valence-corrected chi connectivity index (χ0v) is 68.5. The number of ether oxygens (including phenoxy) is 12. The molecule has 1 unspecified atom stereocenters. The number of nitrogens with one attached hydrogen (secondary N) is 3. The second-order valence-corrected chi connectivity index (χ2v) is 33.2. The number of carbonyl (C=O) groups excluding carboxylic acids is 3. The van der Waals surface area contributed by atoms with Crippen molar-refractivity contribution in [1.82, 2.24) is 16.0 Å². The number of morpholine rings is 1. The summed E-state index contributed by atoms with van der Waals surface area (Å²) in [6, 6.07) is -4.64. The number of unbranched alkanes of at least 4 members (excludes halogenated alkanes) is 25. The average molecular weight is 1710 g/mol. The van der Waals surface area contributed by atoms with Crippen LogP contribution in [0.3, 0.4) is 0 Å². The maximum atomic E-state index is 13.8. The number of amides is 3. The SMILES string of the molecule is CCCCCCCCCCCCC/C=C/[C@@H](O)[C@H](CO[C@@H]1O[C@H](CO)[C@@H](O[C@@H]2O[C@H](CO)[C@H](O)[C@H](O[C@@H]3O[C@H](COS(=O)(=O)O)[C@@H](O[C@@H]4O[C@H](CO)[C@H](O)[C@H](OC56C[C@H](O)[C@@H](NC5=O)[C@H]([C@H](O)[C@H](O)CO)O6)[C@H]4O)[C@H](O[C@@H]4O[C@@H](C)[C@@H](O)[C@@H](O)[C@@H]4O)[C@H]3NC(C)=O)[C@H]2O)[C@H](O)[C@H]1O)NC(=O)CCCCCCCCCCCCCCCCC. The molecule has 8 fully saturated rings. The zero-order chi connectivity index (χ0) is 85.7. The van der Waals surface area contributed by atoms with Gasteiger partial charge >= 0.3 is 10.4 Å². The lowest BCUT2D eigenvalue weighted by Crippen LogP contribution is -2.77. The highest BCUT2D eigenvalue weighted by Crippen LogP contribution is 2.43. The van der Waals surface area contributed by atoms with Crippen LogP contribution in [0.15, 0.2) is 12.2 Å². The topological polar surface area (TPSA) is 606 Å². The van der Waals surface area contributed by atoms with Crippen LogP contribution in [0.4, 0.5) is 0 Å². The van der Waals surface area contributed by atoms with Gasteiger partial charge in [-0.15, -0.1) is 0 Å². The third kappa shape index (κ3) is 29.5. The van der Waals surface area contributed by atoms with Crippen LogP contribution in [-0.2, 0) is 85.8 Å². The number of carbonyl (C=O) groups is 3. The fraction of sp³-hybridized carbons (Fsp3) is 0.935. The number of hydrogen-bond donors (Lipinski definition) is 21. The molecule has 0 aromatic rings. The molecule has 2 bridgehead atoms. The van der Waals surface area contributed by atoms with Crippen molar-refractivity contribution in [3.63, 3.8) is 0 Å². The highest BCUT2D eigenvalue weighted by molar-refractivity contribution is 7.80. The monoisotopic (exact) mass is 1710 g/mol. The van der Waals surface area contributed by atoms with E-state index in [0.29, 0.717) is 12.8 Å². The van der Waals surface area contributed by atoms with Gasteiger partial charge in [0, 0.05) is 19.8 Å². The summed E-state index contributed by atoms with van der Waals surface area (Å²) >= 11 is 0. The van der Waals surface area contributed by atoms with Crippen LogP contribution in [0, 0.1) is 0 Å². The number of piperidine rings is 1. The molecule has 8 rings (SSSR count). The molecule has 0 spiro atoms. The van der Waals surface area contributed by atoms with Crippen molar-refractivity contribution in [2.24, 2.45) is 0 Å². The van der Waals surface area contributed by atoms with E-state index < -0.39 is 270 Å². The maximum Gasteiger partial charge on any atom is 0.397 e. The van der Waals surface area contributed by atoms with E-state index in [0.717, 1.165) is 64.7 Å². The standard InChI is InChI=1S/C77H137N3O36S/c1-5-7-9-11-13-15-17-19-20-22-24-26-28-30-32-34-52(89)79-44(45(86)33-31-29-27-25-23-21-18-16-14-12-10-8-6-2)40-104-72-62(97)60(95)65(50(39-84)109-72)111-74-63(98)69(57(92)48(37-82)107-74)114-71-54(78-43(4)85)68(113-73-61(96)59(94)55(90)42(3)106-73)66(51(110-71)41-105-117(101,102)103)112-75-64(99)70(58(93)49(38-83)108-75)116-77-35-46(87)53(80-76(77)100)67(115-77)56(91)47(88)36-81/h31,33,42,44-51,53-75,81-84,86-88,90-99H,5-30,32,34-41H2,1-4H3,(H,78,85)(H,79,89)(H,80,100)(H,101,102,103)/b33-31+/t42-,44-,45+,46-,47+,48+,49+,50+,51+,53+,54+,55+,56+,57-,58-,59+,60+,61-,62+,63+,64+,65+,66+,67+,68+,69-,70-,71-,72+,73-,74-,75-,77?/m0/s1. The predicted molar refractivity (Wildman–Crippen MR) is 407 cm³/mol. The van der Waals surface area contributed by atoms with Gasteiger partial charge in [0.05, 0.1) is 70.0 Å². The van der Waals surface area contributed by atoms with Gasteiger partial charge in [0.25, 0.3) is 11.7 Å². The Morgan fingerprint density at radius 2 is 1.02 bits per heavy atom. The van der Waals surface area contributed by atoms with Crippen LogP contribution in [0.2, 0.25) is 0 Å². The number of fused-ring (bicyclic) bond motifs is 3. The van der Waals surface area contributed by atoms with Gasteiger partial charge in [0.15, 0.2) is 31.5 Å². The van der Waals surface area contributed by atoms with E-state index in [2.05, 4.69) is 29.8 Å². The van der Waals surface area contributed by atoms with E-state index in [9.17, 15) is 114 Å². The lowest BCUT2D eigenvalue weighted by atomic mass is 9.84. The second kappa shape index (κ2) is 50.7. The molecule has 8 saturated heterocycles. The van der Waals surface area contributed by atoms with Crippen molar-refractivity contribution in [2.45, 2.75) is 416 Å². The normalized spacial score (nSPS) is 37.2. The van der Waals surface area contributed by atoms with E-state index in [-0.39, 0.29) is 12.3 Å². The van der Waals surface area contributed by atoms with Crippen LogP contribution in [0.1, 0.15) is 214 Å². The summed E-state index contributed by atoms with van der Waals surface area (Å²) in [4.78, 5) is 40.9. The summed E-state index contributed by atoms with van der Waals surface area (Å²) in [6.07, 6.45) is -26.2. The summed E-state index contributed by atoms with van der Waals surface area (Å²) in [5.74, 6) is -5.35. The van der Waals surface area contributed by atoms with Crippen molar-refractivity contribution in [3.8, 4) is 0 Å². The van der Waals surface area contributed by atoms with E-state index >= 15 is 0 Å². The molecule has 3 amide bonds. The van der Waals surface area contributed by atoms with Crippen LogP contribution < -0.4 is 16.0 Å². The summed E-state index contributed by atoms with van der Waals surface area (Å²) in [6.45, 7) is 0.262. The molecule has 33 atom stereocenters. The summed E-state index contributed by atoms with van der Waals surface area (Å²) < 4.78 is 112. The van der Waals surface area contributed by atoms with Gasteiger partial charge in [-0.05, 0) is 26.2 Å². The second-order valence-electron chi connectivity index (χ2n) is 32.1. The van der Waals surface area contributed by atoms with Crippen LogP contribution in [0.5, 0.6) is 0 Å². The minimum absolute atomic E-state index is 0.139. The molecule has 117 heavy (non-hydrogen) atoms. The molecular formula is C77H137N3O36S. The first-order valence-electron chi connectivity index (χ1n) is 42.2. The summed E-state index contributed by atoms with van der Waals surface area (Å²) in [5.41, 5.74) is 0. The minimum Gasteiger partial charge on any atom is -0.394 e. The number of aliphatic hydroxyl groups is 17. The van der Waals surface area contributed by atoms with Crippen molar-refractivity contribution in [1.29, 1.82) is 0 Å². The third-order valence-corrected chi connectivity index (χ3v) is 23.2. The zero-order valence-electron chi connectivity index (χ0n) is 67.7. The highest BCUT2D eigenvalue weighted by atomic mass is 32.3. The van der Waals surface area contributed by atoms with E-state index in [4.69, 9.17) is 61.0 Å². The molecule has 8 aliphatic heterocycles. The van der Waals surface area contributed by atoms with Crippen LogP contribution >= 0.6 is 0 Å². The lowest BCUT2D eigenvalue weighted by molar-refractivity contribution is -0.400. The Kier molecular flexibility index (Phi) is 43.8. The quantitative estimate of drug-likeness (QED) is 0.0171. The Morgan fingerprint density at radius 1 is 0.547 bits per heavy atom. The molecule has 0 radical (unpaired) electrons.